The smallest absolute Gasteiger partial charge is 0.0495 e. The number of rotatable bonds is 4. The normalized spacial score (nSPS) is 27.8. The van der Waals surface area contributed by atoms with Gasteiger partial charge in [0.1, 0.15) is 0 Å². The fraction of sp³-hybridized carbons (Fsp3) is 0.647. The van der Waals surface area contributed by atoms with Crippen LogP contribution in [0.15, 0.2) is 24.3 Å². The van der Waals surface area contributed by atoms with Crippen LogP contribution in [0.25, 0.3) is 0 Å². The molecule has 19 heavy (non-hydrogen) atoms. The second-order valence-corrected chi connectivity index (χ2v) is 6.13. The summed E-state index contributed by atoms with van der Waals surface area (Å²) in [5, 5.41) is 3.77. The Morgan fingerprint density at radius 1 is 1.26 bits per heavy atom. The van der Waals surface area contributed by atoms with Crippen molar-refractivity contribution in [2.45, 2.75) is 57.9 Å². The van der Waals surface area contributed by atoms with Crippen molar-refractivity contribution in [3.05, 3.63) is 29.8 Å². The van der Waals surface area contributed by atoms with E-state index < -0.39 is 0 Å². The Bertz CT molecular complexity index is 402. The van der Waals surface area contributed by atoms with Gasteiger partial charge in [0.2, 0.25) is 0 Å². The van der Waals surface area contributed by atoms with Crippen LogP contribution in [0.1, 0.15) is 51.0 Å². The third kappa shape index (κ3) is 3.50. The molecular weight excluding hydrogens is 232 g/mol. The van der Waals surface area contributed by atoms with E-state index in [1.807, 2.05) is 0 Å². The van der Waals surface area contributed by atoms with Crippen LogP contribution in [0.4, 0.5) is 5.69 Å². The van der Waals surface area contributed by atoms with Gasteiger partial charge in [0.15, 0.2) is 0 Å². The maximum atomic E-state index is 6.13. The number of para-hydroxylation sites is 1. The Morgan fingerprint density at radius 3 is 2.74 bits per heavy atom. The van der Waals surface area contributed by atoms with E-state index in [9.17, 15) is 0 Å². The highest BCUT2D eigenvalue weighted by Crippen LogP contribution is 2.34. The molecule has 1 fully saturated rings. The van der Waals surface area contributed by atoms with Gasteiger partial charge >= 0.3 is 0 Å². The molecule has 2 rings (SSSR count). The van der Waals surface area contributed by atoms with Gasteiger partial charge in [0, 0.05) is 17.8 Å². The van der Waals surface area contributed by atoms with Crippen LogP contribution in [0, 0.1) is 12.8 Å². The van der Waals surface area contributed by atoms with Gasteiger partial charge in [0.05, 0.1) is 0 Å². The summed E-state index contributed by atoms with van der Waals surface area (Å²) in [5.74, 6) is 0.895. The molecule has 3 N–H and O–H groups in total. The molecule has 0 amide bonds. The minimum Gasteiger partial charge on any atom is -0.378 e. The maximum Gasteiger partial charge on any atom is 0.0495 e. The van der Waals surface area contributed by atoms with E-state index in [-0.39, 0.29) is 5.54 Å². The summed E-state index contributed by atoms with van der Waals surface area (Å²) in [4.78, 5) is 0. The lowest BCUT2D eigenvalue weighted by Gasteiger charge is -2.34. The highest BCUT2D eigenvalue weighted by Gasteiger charge is 2.31. The summed E-state index contributed by atoms with van der Waals surface area (Å²) in [5.41, 5.74) is 8.80. The number of aryl methyl sites for hydroxylation is 1. The van der Waals surface area contributed by atoms with Gasteiger partial charge in [-0.1, -0.05) is 44.4 Å². The molecule has 0 aliphatic heterocycles. The number of hydrogen-bond acceptors (Lipinski definition) is 2. The van der Waals surface area contributed by atoms with Crippen molar-refractivity contribution in [3.63, 3.8) is 0 Å². The molecule has 2 heteroatoms. The van der Waals surface area contributed by atoms with Gasteiger partial charge in [-0.05, 0) is 43.7 Å². The van der Waals surface area contributed by atoms with Crippen molar-refractivity contribution >= 4 is 5.69 Å². The van der Waals surface area contributed by atoms with Crippen LogP contribution in [0.5, 0.6) is 0 Å². The van der Waals surface area contributed by atoms with E-state index in [0.717, 1.165) is 12.5 Å². The van der Waals surface area contributed by atoms with Crippen LogP contribution in [-0.4, -0.2) is 12.1 Å². The zero-order chi connectivity index (χ0) is 13.7. The number of hydrogen-bond donors (Lipinski definition) is 2. The quantitative estimate of drug-likeness (QED) is 0.800. The molecule has 106 valence electrons. The lowest BCUT2D eigenvalue weighted by Crippen LogP contribution is -2.45. The fourth-order valence-electron chi connectivity index (χ4n) is 3.27. The topological polar surface area (TPSA) is 38.0 Å². The zero-order valence-electron chi connectivity index (χ0n) is 12.4. The molecule has 0 spiro atoms. The summed E-state index contributed by atoms with van der Waals surface area (Å²) in [6.07, 6.45) is 7.70. The average Bonchev–Trinajstić information content (AvgIpc) is 2.64. The predicted molar refractivity (Wildman–Crippen MR) is 83.5 cm³/mol. The summed E-state index contributed by atoms with van der Waals surface area (Å²) in [6.45, 7) is 5.21. The Balaban J connectivity index is 2.12. The van der Waals surface area contributed by atoms with Crippen molar-refractivity contribution in [2.24, 2.45) is 11.7 Å². The van der Waals surface area contributed by atoms with Crippen molar-refractivity contribution in [2.75, 3.05) is 11.9 Å². The first kappa shape index (κ1) is 14.4. The van der Waals surface area contributed by atoms with Gasteiger partial charge in [-0.2, -0.15) is 0 Å². The van der Waals surface area contributed by atoms with Gasteiger partial charge in [-0.25, -0.2) is 0 Å². The number of benzene rings is 1. The molecule has 1 saturated carbocycles. The highest BCUT2D eigenvalue weighted by atomic mass is 15.0. The molecule has 1 aliphatic rings. The third-order valence-electron chi connectivity index (χ3n) is 4.81. The van der Waals surface area contributed by atoms with Crippen molar-refractivity contribution in [1.29, 1.82) is 0 Å². The van der Waals surface area contributed by atoms with Crippen LogP contribution in [0.2, 0.25) is 0 Å². The number of anilines is 1. The van der Waals surface area contributed by atoms with Crippen molar-refractivity contribution in [3.8, 4) is 0 Å². The van der Waals surface area contributed by atoms with Crippen LogP contribution in [-0.2, 0) is 0 Å². The van der Waals surface area contributed by atoms with E-state index in [1.165, 1.54) is 49.8 Å². The van der Waals surface area contributed by atoms with Crippen molar-refractivity contribution in [1.82, 2.24) is 0 Å². The van der Waals surface area contributed by atoms with E-state index in [0.29, 0.717) is 0 Å². The second kappa shape index (κ2) is 6.42. The predicted octanol–water partition coefficient (Wildman–Crippen LogP) is 4.09. The molecule has 0 aromatic heterocycles. The number of nitrogens with two attached hydrogens (primary N) is 1. The molecule has 0 heterocycles. The maximum absolute atomic E-state index is 6.13. The zero-order valence-corrected chi connectivity index (χ0v) is 12.4. The second-order valence-electron chi connectivity index (χ2n) is 6.13. The molecule has 2 nitrogen and oxygen atoms in total. The first-order valence-electron chi connectivity index (χ1n) is 7.73. The monoisotopic (exact) mass is 260 g/mol. The van der Waals surface area contributed by atoms with Gasteiger partial charge in [-0.3, -0.25) is 0 Å². The largest absolute Gasteiger partial charge is 0.378 e. The van der Waals surface area contributed by atoms with Crippen LogP contribution < -0.4 is 11.1 Å². The first-order chi connectivity index (χ1) is 9.19. The molecule has 0 saturated heterocycles. The van der Waals surface area contributed by atoms with Gasteiger partial charge in [-0.15, -0.1) is 0 Å². The van der Waals surface area contributed by atoms with Crippen molar-refractivity contribution < 1.29 is 0 Å². The van der Waals surface area contributed by atoms with E-state index >= 15 is 0 Å². The first-order valence-corrected chi connectivity index (χ1v) is 7.73. The summed E-state index contributed by atoms with van der Waals surface area (Å²) < 4.78 is 0. The molecule has 1 aromatic carbocycles. The van der Waals surface area contributed by atoms with Gasteiger partial charge in [0.25, 0.3) is 0 Å². The Hall–Kier alpha value is -1.02. The Morgan fingerprint density at radius 2 is 2.05 bits per heavy atom. The molecule has 2 atom stereocenters. The lowest BCUT2D eigenvalue weighted by atomic mass is 9.88. The standard InChI is InChI=1S/C17H28N2/c1-3-15-8-6-11-17(13-18,12-10-15)19-16-9-5-4-7-14(16)2/h4-5,7,9,15,19H,3,6,8,10-13,18H2,1-2H3. The molecule has 2 unspecified atom stereocenters. The SMILES string of the molecule is CCC1CCCC(CN)(Nc2ccccc2C)CC1. The Labute approximate surface area is 117 Å². The van der Waals surface area contributed by atoms with Crippen LogP contribution >= 0.6 is 0 Å². The van der Waals surface area contributed by atoms with E-state index in [2.05, 4.69) is 43.4 Å². The fourth-order valence-corrected chi connectivity index (χ4v) is 3.27. The third-order valence-corrected chi connectivity index (χ3v) is 4.81. The lowest BCUT2D eigenvalue weighted by molar-refractivity contribution is 0.398. The molecular formula is C17H28N2. The molecule has 0 bridgehead atoms. The Kier molecular flexibility index (Phi) is 4.87. The number of nitrogens with one attached hydrogen (secondary N) is 1. The molecule has 1 aromatic rings. The minimum atomic E-state index is 0.107. The summed E-state index contributed by atoms with van der Waals surface area (Å²) >= 11 is 0. The average molecular weight is 260 g/mol. The van der Waals surface area contributed by atoms with Crippen LogP contribution in [0.3, 0.4) is 0 Å². The van der Waals surface area contributed by atoms with E-state index in [1.54, 1.807) is 0 Å². The summed E-state index contributed by atoms with van der Waals surface area (Å²) in [6, 6.07) is 8.54. The minimum absolute atomic E-state index is 0.107. The van der Waals surface area contributed by atoms with E-state index in [4.69, 9.17) is 5.73 Å². The molecule has 0 radical (unpaired) electrons. The summed E-state index contributed by atoms with van der Waals surface area (Å²) in [7, 11) is 0. The van der Waals surface area contributed by atoms with Gasteiger partial charge < -0.3 is 11.1 Å². The highest BCUT2D eigenvalue weighted by molar-refractivity contribution is 5.52. The molecule has 1 aliphatic carbocycles.